The molecule has 2 rings (SSSR count). The number of hydrogen-bond donors (Lipinski definition) is 1. The number of esters is 1. The normalized spacial score (nSPS) is 14.4. The SMILES string of the molecule is COC(=O)[C@H](OCc1ccccc1)[C@@H](Nc1ccc(OC)cc1)[C@@H](C#N)O[Si](C)(C)C(C)(C)C. The molecular formula is C26H36N2O5Si. The van der Waals surface area contributed by atoms with Gasteiger partial charge in [-0.2, -0.15) is 5.26 Å². The Morgan fingerprint density at radius 1 is 1.06 bits per heavy atom. The molecule has 0 unspecified atom stereocenters. The number of benzene rings is 2. The predicted octanol–water partition coefficient (Wildman–Crippen LogP) is 5.15. The van der Waals surface area contributed by atoms with Gasteiger partial charge in [0.15, 0.2) is 20.5 Å². The number of ether oxygens (including phenoxy) is 3. The summed E-state index contributed by atoms with van der Waals surface area (Å²) >= 11 is 0. The first-order valence-corrected chi connectivity index (χ1v) is 14.1. The van der Waals surface area contributed by atoms with Crippen molar-refractivity contribution in [3.05, 3.63) is 60.2 Å². The largest absolute Gasteiger partial charge is 0.497 e. The first kappa shape index (κ1) is 27.4. The summed E-state index contributed by atoms with van der Waals surface area (Å²) in [7, 11) is 0.548. The van der Waals surface area contributed by atoms with Crippen molar-refractivity contribution in [3.63, 3.8) is 0 Å². The fourth-order valence-corrected chi connectivity index (χ4v) is 4.25. The molecule has 0 aliphatic carbocycles. The van der Waals surface area contributed by atoms with Crippen LogP contribution in [-0.4, -0.2) is 46.8 Å². The summed E-state index contributed by atoms with van der Waals surface area (Å²) in [6.07, 6.45) is -2.04. The van der Waals surface area contributed by atoms with Gasteiger partial charge in [0, 0.05) is 5.69 Å². The fourth-order valence-electron chi connectivity index (χ4n) is 3.06. The Bertz CT molecular complexity index is 952. The lowest BCUT2D eigenvalue weighted by Gasteiger charge is -2.40. The number of hydrogen-bond acceptors (Lipinski definition) is 7. The molecular weight excluding hydrogens is 448 g/mol. The molecule has 0 saturated heterocycles. The van der Waals surface area contributed by atoms with Crippen molar-refractivity contribution >= 4 is 20.0 Å². The van der Waals surface area contributed by atoms with E-state index in [0.29, 0.717) is 11.4 Å². The van der Waals surface area contributed by atoms with E-state index in [1.165, 1.54) is 7.11 Å². The molecule has 1 N–H and O–H groups in total. The second-order valence-electron chi connectivity index (χ2n) is 9.57. The molecule has 2 aromatic carbocycles. The van der Waals surface area contributed by atoms with E-state index in [4.69, 9.17) is 18.6 Å². The molecule has 34 heavy (non-hydrogen) atoms. The molecule has 2 aromatic rings. The molecule has 0 heterocycles. The van der Waals surface area contributed by atoms with Gasteiger partial charge in [-0.3, -0.25) is 0 Å². The first-order chi connectivity index (χ1) is 16.0. The molecule has 0 bridgehead atoms. The van der Waals surface area contributed by atoms with Crippen molar-refractivity contribution in [3.8, 4) is 11.8 Å². The van der Waals surface area contributed by atoms with Gasteiger partial charge < -0.3 is 24.0 Å². The van der Waals surface area contributed by atoms with Crippen molar-refractivity contribution in [1.82, 2.24) is 0 Å². The maximum Gasteiger partial charge on any atom is 0.337 e. The van der Waals surface area contributed by atoms with Gasteiger partial charge in [-0.25, -0.2) is 4.79 Å². The van der Waals surface area contributed by atoms with Crippen LogP contribution in [0.2, 0.25) is 18.1 Å². The molecule has 0 saturated carbocycles. The number of nitrogens with zero attached hydrogens (tertiary/aromatic N) is 1. The zero-order chi connectivity index (χ0) is 25.4. The number of nitriles is 1. The lowest BCUT2D eigenvalue weighted by Crippen LogP contribution is -2.54. The van der Waals surface area contributed by atoms with Crippen molar-refractivity contribution < 1.29 is 23.4 Å². The Kier molecular flexibility index (Phi) is 9.68. The third-order valence-electron chi connectivity index (χ3n) is 6.14. The minimum atomic E-state index is -2.35. The van der Waals surface area contributed by atoms with Crippen LogP contribution in [-0.2, 0) is 25.3 Å². The van der Waals surface area contributed by atoms with Crippen LogP contribution in [0.5, 0.6) is 5.75 Å². The highest BCUT2D eigenvalue weighted by Gasteiger charge is 2.44. The molecule has 0 spiro atoms. The first-order valence-electron chi connectivity index (χ1n) is 11.2. The van der Waals surface area contributed by atoms with Crippen molar-refractivity contribution in [1.29, 1.82) is 5.26 Å². The maximum absolute atomic E-state index is 12.9. The van der Waals surface area contributed by atoms with E-state index < -0.39 is 32.5 Å². The standard InChI is InChI=1S/C26H36N2O5Si/c1-26(2,3)34(6,7)33-22(17-27)23(28-20-13-15-21(30-4)16-14-20)24(25(29)31-5)32-18-19-11-9-8-10-12-19/h8-16,22-24,28H,18H2,1-7H3/t22-,23+,24-/m1/s1. The van der Waals surface area contributed by atoms with E-state index >= 15 is 0 Å². The highest BCUT2D eigenvalue weighted by atomic mass is 28.4. The summed E-state index contributed by atoms with van der Waals surface area (Å²) in [4.78, 5) is 12.9. The third-order valence-corrected chi connectivity index (χ3v) is 10.6. The minimum absolute atomic E-state index is 0.127. The summed E-state index contributed by atoms with van der Waals surface area (Å²) in [5, 5.41) is 13.3. The summed E-state index contributed by atoms with van der Waals surface area (Å²) in [6, 6.07) is 18.2. The lowest BCUT2D eigenvalue weighted by molar-refractivity contribution is -0.157. The van der Waals surface area contributed by atoms with Crippen molar-refractivity contribution in [2.45, 2.75) is 63.8 Å². The summed E-state index contributed by atoms with van der Waals surface area (Å²) in [5.41, 5.74) is 1.60. The van der Waals surface area contributed by atoms with Gasteiger partial charge in [-0.05, 0) is 48.0 Å². The predicted molar refractivity (Wildman–Crippen MR) is 135 cm³/mol. The number of methoxy groups -OCH3 is 2. The highest BCUT2D eigenvalue weighted by Crippen LogP contribution is 2.38. The summed E-state index contributed by atoms with van der Waals surface area (Å²) < 4.78 is 22.8. The van der Waals surface area contributed by atoms with Gasteiger partial charge >= 0.3 is 5.97 Å². The number of nitrogens with one attached hydrogen (secondary N) is 1. The molecule has 0 aliphatic heterocycles. The molecule has 0 amide bonds. The Labute approximate surface area is 204 Å². The third kappa shape index (κ3) is 7.32. The van der Waals surface area contributed by atoms with Crippen LogP contribution in [0.1, 0.15) is 26.3 Å². The monoisotopic (exact) mass is 484 g/mol. The topological polar surface area (TPSA) is 89.8 Å². The van der Waals surface area contributed by atoms with Crippen LogP contribution < -0.4 is 10.1 Å². The molecule has 0 radical (unpaired) electrons. The van der Waals surface area contributed by atoms with Crippen LogP contribution in [0.4, 0.5) is 5.69 Å². The fraction of sp³-hybridized carbons (Fsp3) is 0.462. The van der Waals surface area contributed by atoms with Gasteiger partial charge in [0.1, 0.15) is 11.8 Å². The van der Waals surface area contributed by atoms with E-state index in [0.717, 1.165) is 5.56 Å². The Morgan fingerprint density at radius 2 is 1.68 bits per heavy atom. The second-order valence-corrected chi connectivity index (χ2v) is 14.3. The molecule has 7 nitrogen and oxygen atoms in total. The summed E-state index contributed by atoms with van der Waals surface area (Å²) in [5.74, 6) is 0.113. The number of rotatable bonds is 11. The van der Waals surface area contributed by atoms with Gasteiger partial charge in [0.05, 0.1) is 26.9 Å². The lowest BCUT2D eigenvalue weighted by atomic mass is 10.0. The molecule has 0 aromatic heterocycles. The second kappa shape index (κ2) is 12.0. The van der Waals surface area contributed by atoms with E-state index in [2.05, 4.69) is 45.3 Å². The minimum Gasteiger partial charge on any atom is -0.497 e. The molecule has 0 fully saturated rings. The number of carbonyl (C=O) groups excluding carboxylic acids is 1. The van der Waals surface area contributed by atoms with Gasteiger partial charge in [0.2, 0.25) is 0 Å². The smallest absolute Gasteiger partial charge is 0.337 e. The van der Waals surface area contributed by atoms with Crippen LogP contribution in [0.3, 0.4) is 0 Å². The average molecular weight is 485 g/mol. The van der Waals surface area contributed by atoms with E-state index in [1.807, 2.05) is 42.5 Å². The molecule has 3 atom stereocenters. The molecule has 0 aliphatic rings. The van der Waals surface area contributed by atoms with Crippen LogP contribution >= 0.6 is 0 Å². The average Bonchev–Trinajstić information content (AvgIpc) is 2.82. The highest BCUT2D eigenvalue weighted by molar-refractivity contribution is 6.74. The van der Waals surface area contributed by atoms with Gasteiger partial charge in [-0.15, -0.1) is 0 Å². The zero-order valence-corrected chi connectivity index (χ0v) is 22.1. The van der Waals surface area contributed by atoms with Crippen LogP contribution in [0.15, 0.2) is 54.6 Å². The molecule has 184 valence electrons. The zero-order valence-electron chi connectivity index (χ0n) is 21.1. The molecule has 8 heteroatoms. The summed E-state index contributed by atoms with van der Waals surface area (Å²) in [6.45, 7) is 10.6. The van der Waals surface area contributed by atoms with Crippen LogP contribution in [0, 0.1) is 11.3 Å². The van der Waals surface area contributed by atoms with E-state index in [-0.39, 0.29) is 11.6 Å². The van der Waals surface area contributed by atoms with E-state index in [9.17, 15) is 10.1 Å². The van der Waals surface area contributed by atoms with Gasteiger partial charge in [-0.1, -0.05) is 51.1 Å². The quantitative estimate of drug-likeness (QED) is 0.348. The van der Waals surface area contributed by atoms with Gasteiger partial charge in [0.25, 0.3) is 0 Å². The Balaban J connectivity index is 2.43. The van der Waals surface area contributed by atoms with E-state index in [1.54, 1.807) is 19.2 Å². The Morgan fingerprint density at radius 3 is 2.18 bits per heavy atom. The maximum atomic E-state index is 12.9. The number of carbonyl (C=O) groups is 1. The van der Waals surface area contributed by atoms with Crippen LogP contribution in [0.25, 0.3) is 0 Å². The van der Waals surface area contributed by atoms with Crippen molar-refractivity contribution in [2.75, 3.05) is 19.5 Å². The number of anilines is 1. The Hall–Kier alpha value is -2.86. The van der Waals surface area contributed by atoms with Crippen molar-refractivity contribution in [2.24, 2.45) is 0 Å².